The second-order valence-electron chi connectivity index (χ2n) is 7.45. The third-order valence-corrected chi connectivity index (χ3v) is 6.25. The van der Waals surface area contributed by atoms with E-state index < -0.39 is 16.9 Å². The van der Waals surface area contributed by atoms with Crippen molar-refractivity contribution in [2.45, 2.75) is 19.9 Å². The minimum atomic E-state index is -0.893. The van der Waals surface area contributed by atoms with Gasteiger partial charge in [0.15, 0.2) is 4.80 Å². The van der Waals surface area contributed by atoms with Gasteiger partial charge in [-0.1, -0.05) is 66.0 Å². The molecule has 34 heavy (non-hydrogen) atoms. The third-order valence-electron chi connectivity index (χ3n) is 5.25. The van der Waals surface area contributed by atoms with Gasteiger partial charge in [-0.15, -0.1) is 0 Å². The molecule has 0 fully saturated rings. The molecule has 0 saturated heterocycles. The van der Waals surface area contributed by atoms with Crippen LogP contribution in [0.15, 0.2) is 81.7 Å². The number of nitrogens with zero attached hydrogens (tertiary/aromatic N) is 3. The van der Waals surface area contributed by atoms with Crippen molar-refractivity contribution in [3.8, 4) is 0 Å². The molecule has 0 aliphatic carbocycles. The minimum Gasteiger partial charge on any atom is -0.463 e. The van der Waals surface area contributed by atoms with Crippen LogP contribution in [0.5, 0.6) is 0 Å². The molecule has 1 aliphatic heterocycles. The predicted octanol–water partition coefficient (Wildman–Crippen LogP) is 3.37. The third kappa shape index (κ3) is 4.51. The van der Waals surface area contributed by atoms with Gasteiger partial charge < -0.3 is 4.74 Å². The van der Waals surface area contributed by atoms with Crippen LogP contribution in [-0.4, -0.2) is 22.1 Å². The van der Waals surface area contributed by atoms with E-state index in [9.17, 15) is 19.7 Å². The van der Waals surface area contributed by atoms with Crippen molar-refractivity contribution in [3.63, 3.8) is 0 Å². The molecule has 0 N–H and O–H groups in total. The Morgan fingerprint density at radius 3 is 2.71 bits per heavy atom. The molecule has 0 spiro atoms. The molecule has 1 aliphatic rings. The number of carbonyl (C=O) groups excluding carboxylic acids is 1. The number of hydrogen-bond donors (Lipinski definition) is 0. The average Bonchev–Trinajstić information content (AvgIpc) is 3.13. The van der Waals surface area contributed by atoms with E-state index in [-0.39, 0.29) is 23.4 Å². The lowest BCUT2D eigenvalue weighted by Crippen LogP contribution is -2.39. The smallest absolute Gasteiger partial charge is 0.338 e. The van der Waals surface area contributed by atoms with E-state index in [1.807, 2.05) is 36.4 Å². The van der Waals surface area contributed by atoms with Crippen LogP contribution in [-0.2, 0) is 9.53 Å². The first-order chi connectivity index (χ1) is 16.4. The van der Waals surface area contributed by atoms with Crippen molar-refractivity contribution in [1.29, 1.82) is 0 Å². The molecule has 4 rings (SSSR count). The second-order valence-corrected chi connectivity index (χ2v) is 8.46. The summed E-state index contributed by atoms with van der Waals surface area (Å²) in [5, 5.41) is 11.4. The van der Waals surface area contributed by atoms with E-state index in [1.165, 1.54) is 34.1 Å². The lowest BCUT2D eigenvalue weighted by molar-refractivity contribution is -0.384. The second kappa shape index (κ2) is 9.80. The first-order valence-corrected chi connectivity index (χ1v) is 11.4. The molecular formula is C25H21N3O5S. The number of fused-ring (bicyclic) bond motifs is 1. The predicted molar refractivity (Wildman–Crippen MR) is 130 cm³/mol. The molecule has 0 bridgehead atoms. The van der Waals surface area contributed by atoms with Gasteiger partial charge in [0.25, 0.3) is 11.2 Å². The fourth-order valence-corrected chi connectivity index (χ4v) is 4.74. The van der Waals surface area contributed by atoms with Crippen molar-refractivity contribution in [2.75, 3.05) is 6.61 Å². The first-order valence-electron chi connectivity index (χ1n) is 10.6. The zero-order chi connectivity index (χ0) is 24.2. The van der Waals surface area contributed by atoms with E-state index in [4.69, 9.17) is 4.74 Å². The summed E-state index contributed by atoms with van der Waals surface area (Å²) in [6.45, 7) is 3.50. The maximum atomic E-state index is 13.4. The van der Waals surface area contributed by atoms with Crippen molar-refractivity contribution >= 4 is 35.1 Å². The Balaban J connectivity index is 1.89. The monoisotopic (exact) mass is 475 g/mol. The van der Waals surface area contributed by atoms with Crippen LogP contribution in [0, 0.1) is 10.1 Å². The summed E-state index contributed by atoms with van der Waals surface area (Å²) < 4.78 is 7.07. The topological polar surface area (TPSA) is 104 Å². The van der Waals surface area contributed by atoms with Crippen molar-refractivity contribution in [2.24, 2.45) is 4.99 Å². The summed E-state index contributed by atoms with van der Waals surface area (Å²) >= 11 is 1.19. The van der Waals surface area contributed by atoms with Crippen molar-refractivity contribution in [3.05, 3.63) is 113 Å². The molecule has 172 valence electrons. The molecule has 1 aromatic heterocycles. The van der Waals surface area contributed by atoms with E-state index in [0.29, 0.717) is 20.6 Å². The maximum absolute atomic E-state index is 13.4. The highest BCUT2D eigenvalue weighted by Gasteiger charge is 2.33. The summed E-state index contributed by atoms with van der Waals surface area (Å²) in [6, 6.07) is 14.7. The standard InChI is InChI=1S/C25H21N3O5S/c1-3-33-24(30)21-16(2)26-25-27(22(21)18-12-8-13-19(15-18)28(31)32)23(29)20(34-25)14-7-11-17-9-5-4-6-10-17/h4-15,22H,3H2,1-2H3/b11-7+,20-14+. The van der Waals surface area contributed by atoms with Gasteiger partial charge >= 0.3 is 5.97 Å². The highest BCUT2D eigenvalue weighted by molar-refractivity contribution is 7.07. The van der Waals surface area contributed by atoms with Gasteiger partial charge in [0.05, 0.1) is 33.4 Å². The summed E-state index contributed by atoms with van der Waals surface area (Å²) in [5.41, 5.74) is 1.53. The molecule has 8 nitrogen and oxygen atoms in total. The fraction of sp³-hybridized carbons (Fsp3) is 0.160. The largest absolute Gasteiger partial charge is 0.463 e. The van der Waals surface area contributed by atoms with Gasteiger partial charge in [-0.05, 0) is 31.1 Å². The Bertz CT molecular complexity index is 1500. The maximum Gasteiger partial charge on any atom is 0.338 e. The van der Waals surface area contributed by atoms with Crippen LogP contribution in [0.2, 0.25) is 0 Å². The Labute approximate surface area is 198 Å². The number of aromatic nitrogens is 1. The number of nitro benzene ring substituents is 1. The van der Waals surface area contributed by atoms with Crippen LogP contribution in [0.1, 0.15) is 31.0 Å². The molecule has 9 heteroatoms. The summed E-state index contributed by atoms with van der Waals surface area (Å²) in [7, 11) is 0. The highest BCUT2D eigenvalue weighted by Crippen LogP contribution is 2.32. The molecular weight excluding hydrogens is 454 g/mol. The Kier molecular flexibility index (Phi) is 6.65. The number of allylic oxidation sites excluding steroid dienone is 2. The number of esters is 1. The molecule has 1 unspecified atom stereocenters. The van der Waals surface area contributed by atoms with Crippen LogP contribution in [0.4, 0.5) is 5.69 Å². The number of nitro groups is 1. The van der Waals surface area contributed by atoms with Gasteiger partial charge in [-0.2, -0.15) is 0 Å². The number of benzene rings is 2. The quantitative estimate of drug-likeness (QED) is 0.309. The van der Waals surface area contributed by atoms with Gasteiger partial charge in [0, 0.05) is 12.1 Å². The number of thiazole rings is 1. The Hall–Kier alpha value is -4.11. The minimum absolute atomic E-state index is 0.136. The molecule has 3 aromatic rings. The van der Waals surface area contributed by atoms with E-state index in [0.717, 1.165) is 5.56 Å². The molecule has 2 heterocycles. The lowest BCUT2D eigenvalue weighted by atomic mass is 9.95. The van der Waals surface area contributed by atoms with Crippen LogP contribution >= 0.6 is 11.3 Å². The van der Waals surface area contributed by atoms with E-state index in [1.54, 1.807) is 32.1 Å². The van der Waals surface area contributed by atoms with Gasteiger partial charge in [0.1, 0.15) is 0 Å². The Morgan fingerprint density at radius 1 is 1.24 bits per heavy atom. The zero-order valence-electron chi connectivity index (χ0n) is 18.5. The zero-order valence-corrected chi connectivity index (χ0v) is 19.3. The summed E-state index contributed by atoms with van der Waals surface area (Å²) in [4.78, 5) is 42.1. The first kappa shape index (κ1) is 23.1. The molecule has 2 aromatic carbocycles. The average molecular weight is 476 g/mol. The number of carbonyl (C=O) groups is 1. The molecule has 0 saturated carbocycles. The summed E-state index contributed by atoms with van der Waals surface area (Å²) in [6.07, 6.45) is 5.36. The fourth-order valence-electron chi connectivity index (χ4n) is 3.74. The number of ether oxygens (including phenoxy) is 1. The summed E-state index contributed by atoms with van der Waals surface area (Å²) in [5.74, 6) is -0.612. The molecule has 0 amide bonds. The normalized spacial score (nSPS) is 15.8. The van der Waals surface area contributed by atoms with Gasteiger partial charge in [-0.25, -0.2) is 9.79 Å². The lowest BCUT2D eigenvalue weighted by Gasteiger charge is -2.24. The number of hydrogen-bond acceptors (Lipinski definition) is 7. The Morgan fingerprint density at radius 2 is 2.00 bits per heavy atom. The molecule has 1 atom stereocenters. The van der Waals surface area contributed by atoms with E-state index in [2.05, 4.69) is 4.99 Å². The SMILES string of the molecule is CCOC(=O)C1=C(C)N=c2s/c(=C/C=C/c3ccccc3)c(=O)n2C1c1cccc([N+](=O)[O-])c1. The van der Waals surface area contributed by atoms with Crippen LogP contribution < -0.4 is 14.9 Å². The highest BCUT2D eigenvalue weighted by atomic mass is 32.1. The van der Waals surface area contributed by atoms with E-state index >= 15 is 0 Å². The van der Waals surface area contributed by atoms with Crippen molar-refractivity contribution < 1.29 is 14.5 Å². The van der Waals surface area contributed by atoms with Gasteiger partial charge in [-0.3, -0.25) is 19.5 Å². The van der Waals surface area contributed by atoms with Crippen LogP contribution in [0.3, 0.4) is 0 Å². The number of non-ortho nitro benzene ring substituents is 1. The van der Waals surface area contributed by atoms with Gasteiger partial charge in [0.2, 0.25) is 0 Å². The molecule has 0 radical (unpaired) electrons. The van der Waals surface area contributed by atoms with Crippen LogP contribution in [0.25, 0.3) is 12.2 Å². The number of rotatable bonds is 6. The van der Waals surface area contributed by atoms with Crippen molar-refractivity contribution in [1.82, 2.24) is 4.57 Å².